The largest absolute Gasteiger partial charge is 0.462 e. The molecule has 0 aliphatic carbocycles. The topological polar surface area (TPSA) is 59.0 Å². The molecule has 0 N–H and O–H groups in total. The fraction of sp³-hybridized carbons (Fsp3) is 0.308. The number of ether oxygens (including phenoxy) is 1. The number of esters is 1. The van der Waals surface area contributed by atoms with E-state index >= 15 is 0 Å². The second kappa shape index (κ2) is 5.55. The molecule has 0 bridgehead atoms. The Balaban J connectivity index is 2.21. The van der Waals surface area contributed by atoms with E-state index in [4.69, 9.17) is 4.74 Å². The predicted octanol–water partition coefficient (Wildman–Crippen LogP) is 2.52. The van der Waals surface area contributed by atoms with Gasteiger partial charge in [0.1, 0.15) is 0 Å². The smallest absolute Gasteiger partial charge is 0.431 e. The molecule has 8 heteroatoms. The monoisotopic (exact) mass is 300 g/mol. The van der Waals surface area contributed by atoms with Crippen LogP contribution in [-0.4, -0.2) is 30.4 Å². The Hall–Kier alpha value is -2.38. The summed E-state index contributed by atoms with van der Waals surface area (Å²) in [5.74, 6) is -1.32. The third-order valence-corrected chi connectivity index (χ3v) is 2.73. The number of hydrazone groups is 1. The van der Waals surface area contributed by atoms with Gasteiger partial charge < -0.3 is 4.74 Å². The summed E-state index contributed by atoms with van der Waals surface area (Å²) in [4.78, 5) is 23.0. The van der Waals surface area contributed by atoms with Crippen molar-refractivity contribution in [2.45, 2.75) is 19.5 Å². The molecular weight excluding hydrogens is 289 g/mol. The molecule has 1 aliphatic rings. The van der Waals surface area contributed by atoms with Gasteiger partial charge in [-0.2, -0.15) is 18.3 Å². The Labute approximate surface area is 118 Å². The van der Waals surface area contributed by atoms with Crippen molar-refractivity contribution in [3.8, 4) is 0 Å². The Morgan fingerprint density at radius 1 is 1.33 bits per heavy atom. The van der Waals surface area contributed by atoms with Crippen molar-refractivity contribution in [3.05, 3.63) is 29.8 Å². The Kier molecular flexibility index (Phi) is 3.97. The van der Waals surface area contributed by atoms with Crippen molar-refractivity contribution in [2.75, 3.05) is 11.6 Å². The summed E-state index contributed by atoms with van der Waals surface area (Å²) in [5.41, 5.74) is -0.735. The number of alkyl halides is 3. The first-order valence-corrected chi connectivity index (χ1v) is 6.07. The number of halogens is 3. The van der Waals surface area contributed by atoms with Crippen molar-refractivity contribution < 1.29 is 27.5 Å². The molecule has 21 heavy (non-hydrogen) atoms. The molecule has 1 aliphatic heterocycles. The lowest BCUT2D eigenvalue weighted by Gasteiger charge is -2.12. The van der Waals surface area contributed by atoms with Crippen molar-refractivity contribution >= 4 is 23.3 Å². The normalized spacial score (nSPS) is 15.1. The van der Waals surface area contributed by atoms with Gasteiger partial charge in [-0.25, -0.2) is 9.80 Å². The molecule has 0 spiro atoms. The molecular formula is C13H11F3N2O3. The number of hydrogen-bond donors (Lipinski definition) is 0. The fourth-order valence-electron chi connectivity index (χ4n) is 1.74. The molecule has 1 aromatic carbocycles. The molecule has 0 aromatic heterocycles. The van der Waals surface area contributed by atoms with Gasteiger partial charge in [-0.3, -0.25) is 4.79 Å². The van der Waals surface area contributed by atoms with E-state index in [0.717, 1.165) is 0 Å². The minimum absolute atomic E-state index is 0.160. The van der Waals surface area contributed by atoms with Crippen LogP contribution in [0.3, 0.4) is 0 Å². The maximum Gasteiger partial charge on any atom is 0.431 e. The highest BCUT2D eigenvalue weighted by atomic mass is 19.4. The van der Waals surface area contributed by atoms with Crippen molar-refractivity contribution in [1.29, 1.82) is 0 Å². The van der Waals surface area contributed by atoms with Gasteiger partial charge in [-0.1, -0.05) is 0 Å². The summed E-state index contributed by atoms with van der Waals surface area (Å²) in [5, 5.41) is 3.96. The van der Waals surface area contributed by atoms with Crippen LogP contribution >= 0.6 is 0 Å². The quantitative estimate of drug-likeness (QED) is 0.806. The fourth-order valence-corrected chi connectivity index (χ4v) is 1.74. The van der Waals surface area contributed by atoms with Gasteiger partial charge in [0.25, 0.3) is 5.91 Å². The minimum atomic E-state index is -4.63. The Morgan fingerprint density at radius 2 is 1.95 bits per heavy atom. The van der Waals surface area contributed by atoms with Crippen molar-refractivity contribution in [3.63, 3.8) is 0 Å². The lowest BCUT2D eigenvalue weighted by Crippen LogP contribution is -2.22. The summed E-state index contributed by atoms with van der Waals surface area (Å²) < 4.78 is 42.3. The van der Waals surface area contributed by atoms with Gasteiger partial charge in [0.2, 0.25) is 0 Å². The van der Waals surface area contributed by atoms with E-state index in [0.29, 0.717) is 5.01 Å². The molecule has 0 saturated carbocycles. The molecule has 0 unspecified atom stereocenters. The average Bonchev–Trinajstić information content (AvgIpc) is 2.81. The number of carbonyl (C=O) groups is 2. The van der Waals surface area contributed by atoms with Crippen LogP contribution in [0, 0.1) is 0 Å². The molecule has 0 saturated heterocycles. The van der Waals surface area contributed by atoms with Gasteiger partial charge in [-0.05, 0) is 31.2 Å². The number of rotatable bonds is 3. The van der Waals surface area contributed by atoms with Gasteiger partial charge >= 0.3 is 12.1 Å². The lowest BCUT2D eigenvalue weighted by molar-refractivity contribution is -0.117. The number of benzene rings is 1. The van der Waals surface area contributed by atoms with E-state index in [2.05, 4.69) is 5.10 Å². The van der Waals surface area contributed by atoms with E-state index < -0.39 is 30.2 Å². The Bertz CT molecular complexity index is 594. The summed E-state index contributed by atoms with van der Waals surface area (Å²) in [6, 6.07) is 5.41. The maximum absolute atomic E-state index is 12.5. The molecule has 1 amide bonds. The first kappa shape index (κ1) is 15.0. The number of hydrogen-bond acceptors (Lipinski definition) is 4. The first-order chi connectivity index (χ1) is 9.82. The summed E-state index contributed by atoms with van der Waals surface area (Å²) in [7, 11) is 0. The van der Waals surface area contributed by atoms with Crippen LogP contribution in [-0.2, 0) is 9.53 Å². The van der Waals surface area contributed by atoms with E-state index in [1.807, 2.05) is 0 Å². The van der Waals surface area contributed by atoms with Crippen molar-refractivity contribution in [1.82, 2.24) is 0 Å². The zero-order chi connectivity index (χ0) is 15.6. The number of amides is 1. The van der Waals surface area contributed by atoms with Gasteiger partial charge in [0, 0.05) is 0 Å². The molecule has 112 valence electrons. The highest BCUT2D eigenvalue weighted by Crippen LogP contribution is 2.28. The molecule has 0 atom stereocenters. The highest BCUT2D eigenvalue weighted by molar-refractivity contribution is 6.14. The SMILES string of the molecule is CCOC(=O)c1ccc(N2N=C(C(F)(F)F)CC2=O)cc1. The second-order valence-corrected chi connectivity index (χ2v) is 4.19. The third-order valence-electron chi connectivity index (χ3n) is 2.73. The van der Waals surface area contributed by atoms with E-state index in [1.54, 1.807) is 6.92 Å². The van der Waals surface area contributed by atoms with Crippen LogP contribution in [0.2, 0.25) is 0 Å². The minimum Gasteiger partial charge on any atom is -0.462 e. The van der Waals surface area contributed by atoms with Gasteiger partial charge in [0.05, 0.1) is 24.3 Å². The standard InChI is InChI=1S/C13H11F3N2O3/c1-2-21-12(20)8-3-5-9(6-4-8)18-11(19)7-10(17-18)13(14,15)16/h3-6H,2,7H2,1H3. The zero-order valence-electron chi connectivity index (χ0n) is 11.0. The summed E-state index contributed by atoms with van der Waals surface area (Å²) in [6.45, 7) is 1.87. The second-order valence-electron chi connectivity index (χ2n) is 4.19. The molecule has 0 fully saturated rings. The van der Waals surface area contributed by atoms with Gasteiger partial charge in [0.15, 0.2) is 5.71 Å². The van der Waals surface area contributed by atoms with Crippen LogP contribution in [0.25, 0.3) is 0 Å². The lowest BCUT2D eigenvalue weighted by atomic mass is 10.2. The highest BCUT2D eigenvalue weighted by Gasteiger charge is 2.42. The number of carbonyl (C=O) groups excluding carboxylic acids is 2. The van der Waals surface area contributed by atoms with Crippen LogP contribution in [0.5, 0.6) is 0 Å². The molecule has 0 radical (unpaired) electrons. The van der Waals surface area contributed by atoms with E-state index in [1.165, 1.54) is 24.3 Å². The average molecular weight is 300 g/mol. The van der Waals surface area contributed by atoms with E-state index in [-0.39, 0.29) is 17.9 Å². The molecule has 1 heterocycles. The first-order valence-electron chi connectivity index (χ1n) is 6.07. The zero-order valence-corrected chi connectivity index (χ0v) is 11.0. The third kappa shape index (κ3) is 3.21. The van der Waals surface area contributed by atoms with Gasteiger partial charge in [-0.15, -0.1) is 0 Å². The maximum atomic E-state index is 12.5. The van der Waals surface area contributed by atoms with Crippen molar-refractivity contribution in [2.24, 2.45) is 5.10 Å². The van der Waals surface area contributed by atoms with Crippen LogP contribution in [0.15, 0.2) is 29.4 Å². The molecule has 5 nitrogen and oxygen atoms in total. The Morgan fingerprint density at radius 3 is 2.43 bits per heavy atom. The number of nitrogens with zero attached hydrogens (tertiary/aromatic N) is 2. The number of anilines is 1. The van der Waals surface area contributed by atoms with E-state index in [9.17, 15) is 22.8 Å². The van der Waals surface area contributed by atoms with Crippen LogP contribution in [0.4, 0.5) is 18.9 Å². The van der Waals surface area contributed by atoms with Crippen LogP contribution in [0.1, 0.15) is 23.7 Å². The molecule has 2 rings (SSSR count). The summed E-state index contributed by atoms with van der Waals surface area (Å²) >= 11 is 0. The van der Waals surface area contributed by atoms with Crippen LogP contribution < -0.4 is 5.01 Å². The summed E-state index contributed by atoms with van der Waals surface area (Å²) in [6.07, 6.45) is -5.42. The molecule has 1 aromatic rings. The predicted molar refractivity (Wildman–Crippen MR) is 68.0 cm³/mol.